The fraction of sp³-hybridized carbons (Fsp3) is 0.533. The highest BCUT2D eigenvalue weighted by molar-refractivity contribution is 7.93. The largest absolute Gasteiger partial charge is 0.494 e. The van der Waals surface area contributed by atoms with Gasteiger partial charge in [-0.05, 0) is 36.0 Å². The summed E-state index contributed by atoms with van der Waals surface area (Å²) in [6, 6.07) is 3.35. The monoisotopic (exact) mass is 326 g/mol. The zero-order valence-corrected chi connectivity index (χ0v) is 14.1. The number of carbonyl (C=O) groups excluding carboxylic acids is 1. The van der Waals surface area contributed by atoms with E-state index in [0.717, 1.165) is 5.56 Å². The lowest BCUT2D eigenvalue weighted by Gasteiger charge is -2.23. The molecule has 6 nitrogen and oxygen atoms in total. The molecule has 3 N–H and O–H groups in total. The number of nitrogens with two attached hydrogens (primary N) is 1. The Morgan fingerprint density at radius 3 is 2.32 bits per heavy atom. The first-order valence-electron chi connectivity index (χ1n) is 7.10. The summed E-state index contributed by atoms with van der Waals surface area (Å²) in [4.78, 5) is 11.7. The summed E-state index contributed by atoms with van der Waals surface area (Å²) in [6.45, 7) is 5.91. The predicted molar refractivity (Wildman–Crippen MR) is 85.8 cm³/mol. The second-order valence-corrected chi connectivity index (χ2v) is 8.53. The van der Waals surface area contributed by atoms with Gasteiger partial charge >= 0.3 is 0 Å². The van der Waals surface area contributed by atoms with Crippen molar-refractivity contribution in [1.29, 1.82) is 0 Å². The van der Waals surface area contributed by atoms with Crippen LogP contribution >= 0.6 is 0 Å². The van der Waals surface area contributed by atoms with Crippen molar-refractivity contribution >= 4 is 21.6 Å². The average molecular weight is 326 g/mol. The molecule has 1 fully saturated rings. The Labute approximate surface area is 131 Å². The van der Waals surface area contributed by atoms with Crippen molar-refractivity contribution in [2.24, 2.45) is 5.73 Å². The molecule has 2 rings (SSSR count). The van der Waals surface area contributed by atoms with Gasteiger partial charge in [0.1, 0.15) is 0 Å². The van der Waals surface area contributed by atoms with Gasteiger partial charge in [0.05, 0.1) is 23.6 Å². The second-order valence-electron chi connectivity index (χ2n) is 6.57. The van der Waals surface area contributed by atoms with E-state index in [4.69, 9.17) is 10.5 Å². The fourth-order valence-electron chi connectivity index (χ4n) is 2.16. The van der Waals surface area contributed by atoms with Crippen molar-refractivity contribution < 1.29 is 17.9 Å². The minimum Gasteiger partial charge on any atom is -0.494 e. The van der Waals surface area contributed by atoms with Gasteiger partial charge < -0.3 is 10.5 Å². The molecule has 122 valence electrons. The van der Waals surface area contributed by atoms with Crippen LogP contribution in [0.2, 0.25) is 0 Å². The molecular weight excluding hydrogens is 304 g/mol. The molecule has 1 saturated carbocycles. The van der Waals surface area contributed by atoms with Crippen molar-refractivity contribution in [2.45, 2.75) is 44.3 Å². The molecule has 0 aromatic heterocycles. The van der Waals surface area contributed by atoms with Crippen LogP contribution in [-0.2, 0) is 15.4 Å². The van der Waals surface area contributed by atoms with E-state index in [2.05, 4.69) is 4.72 Å². The van der Waals surface area contributed by atoms with Crippen molar-refractivity contribution in [3.05, 3.63) is 23.3 Å². The lowest BCUT2D eigenvalue weighted by Crippen LogP contribution is -2.21. The molecule has 0 unspecified atom stereocenters. The molecule has 0 aliphatic heterocycles. The van der Waals surface area contributed by atoms with Crippen molar-refractivity contribution in [1.82, 2.24) is 0 Å². The number of nitrogens with one attached hydrogen (secondary N) is 1. The number of hydrogen-bond acceptors (Lipinski definition) is 4. The van der Waals surface area contributed by atoms with E-state index in [1.165, 1.54) is 7.11 Å². The van der Waals surface area contributed by atoms with E-state index >= 15 is 0 Å². The van der Waals surface area contributed by atoms with E-state index in [9.17, 15) is 13.2 Å². The van der Waals surface area contributed by atoms with Crippen LogP contribution in [0, 0.1) is 0 Å². The molecule has 0 spiro atoms. The molecule has 1 aliphatic carbocycles. The number of methoxy groups -OCH3 is 1. The first-order valence-corrected chi connectivity index (χ1v) is 8.65. The number of ether oxygens (including phenoxy) is 1. The maximum atomic E-state index is 12.2. The van der Waals surface area contributed by atoms with E-state index in [0.29, 0.717) is 12.8 Å². The summed E-state index contributed by atoms with van der Waals surface area (Å²) in [5, 5.41) is -0.368. The standard InChI is InChI=1S/C15H22N2O4S/c1-15(2,3)9-7-11(14(16)18)13(21-4)12(8-9)17-22(19,20)10-5-6-10/h7-8,10,17H,5-6H2,1-4H3,(H2,16,18). The van der Waals surface area contributed by atoms with E-state index < -0.39 is 15.9 Å². The van der Waals surface area contributed by atoms with Gasteiger partial charge in [-0.3, -0.25) is 9.52 Å². The van der Waals surface area contributed by atoms with Crippen molar-refractivity contribution in [2.75, 3.05) is 11.8 Å². The molecule has 1 aromatic rings. The number of primary amides is 1. The molecule has 7 heteroatoms. The van der Waals surface area contributed by atoms with Crippen LogP contribution in [0.15, 0.2) is 12.1 Å². The Hall–Kier alpha value is -1.76. The van der Waals surface area contributed by atoms with Crippen LogP contribution in [0.1, 0.15) is 49.5 Å². The van der Waals surface area contributed by atoms with Crippen LogP contribution in [0.4, 0.5) is 5.69 Å². The molecule has 0 radical (unpaired) electrons. The number of sulfonamides is 1. The Balaban J connectivity index is 2.59. The van der Waals surface area contributed by atoms with E-state index in [1.807, 2.05) is 20.8 Å². The minimum absolute atomic E-state index is 0.157. The molecule has 1 aliphatic rings. The van der Waals surface area contributed by atoms with Gasteiger partial charge in [0.15, 0.2) is 5.75 Å². The van der Waals surface area contributed by atoms with Crippen molar-refractivity contribution in [3.8, 4) is 5.75 Å². The van der Waals surface area contributed by atoms with Crippen LogP contribution < -0.4 is 15.2 Å². The van der Waals surface area contributed by atoms with Gasteiger partial charge in [0.2, 0.25) is 10.0 Å². The third kappa shape index (κ3) is 3.35. The molecule has 0 heterocycles. The maximum Gasteiger partial charge on any atom is 0.252 e. The van der Waals surface area contributed by atoms with Gasteiger partial charge in [0, 0.05) is 0 Å². The maximum absolute atomic E-state index is 12.2. The number of rotatable bonds is 5. The molecule has 22 heavy (non-hydrogen) atoms. The van der Waals surface area contributed by atoms with E-state index in [-0.39, 0.29) is 27.7 Å². The van der Waals surface area contributed by atoms with Gasteiger partial charge in [-0.1, -0.05) is 20.8 Å². The highest BCUT2D eigenvalue weighted by Gasteiger charge is 2.36. The zero-order valence-electron chi connectivity index (χ0n) is 13.3. The lowest BCUT2D eigenvalue weighted by atomic mass is 9.85. The molecule has 1 amide bonds. The summed E-state index contributed by atoms with van der Waals surface area (Å²) >= 11 is 0. The Morgan fingerprint density at radius 1 is 1.32 bits per heavy atom. The van der Waals surface area contributed by atoms with Crippen LogP contribution in [0.25, 0.3) is 0 Å². The number of amides is 1. The third-order valence-corrected chi connectivity index (χ3v) is 5.49. The second kappa shape index (κ2) is 5.46. The van der Waals surface area contributed by atoms with Gasteiger partial charge in [-0.2, -0.15) is 0 Å². The summed E-state index contributed by atoms with van der Waals surface area (Å²) in [5.74, 6) is -0.500. The Bertz CT molecular complexity index is 701. The smallest absolute Gasteiger partial charge is 0.252 e. The van der Waals surface area contributed by atoms with Crippen molar-refractivity contribution in [3.63, 3.8) is 0 Å². The third-order valence-electron chi connectivity index (χ3n) is 3.64. The van der Waals surface area contributed by atoms with Gasteiger partial charge in [-0.15, -0.1) is 0 Å². The number of hydrogen-bond donors (Lipinski definition) is 2. The number of carbonyl (C=O) groups is 1. The Morgan fingerprint density at radius 2 is 1.91 bits per heavy atom. The SMILES string of the molecule is COc1c(NS(=O)(=O)C2CC2)cc(C(C)(C)C)cc1C(N)=O. The Kier molecular flexibility index (Phi) is 4.12. The topological polar surface area (TPSA) is 98.5 Å². The fourth-order valence-corrected chi connectivity index (χ4v) is 3.54. The molecule has 0 bridgehead atoms. The van der Waals surface area contributed by atoms with Gasteiger partial charge in [-0.25, -0.2) is 8.42 Å². The van der Waals surface area contributed by atoms with Crippen LogP contribution in [0.5, 0.6) is 5.75 Å². The highest BCUT2D eigenvalue weighted by atomic mass is 32.2. The highest BCUT2D eigenvalue weighted by Crippen LogP contribution is 2.37. The zero-order chi connectivity index (χ0) is 16.7. The minimum atomic E-state index is -3.46. The summed E-state index contributed by atoms with van der Waals surface area (Å²) in [6.07, 6.45) is 1.30. The molecule has 1 aromatic carbocycles. The lowest BCUT2D eigenvalue weighted by molar-refractivity contribution is 0.0997. The van der Waals surface area contributed by atoms with E-state index in [1.54, 1.807) is 12.1 Å². The first-order chi connectivity index (χ1) is 10.1. The molecule has 0 saturated heterocycles. The molecular formula is C15H22N2O4S. The summed E-state index contributed by atoms with van der Waals surface area (Å²) in [5.41, 5.74) is 6.37. The number of benzene rings is 1. The summed E-state index contributed by atoms with van der Waals surface area (Å²) in [7, 11) is -2.08. The van der Waals surface area contributed by atoms with Crippen LogP contribution in [0.3, 0.4) is 0 Å². The number of anilines is 1. The average Bonchev–Trinajstić information content (AvgIpc) is 3.20. The van der Waals surface area contributed by atoms with Crippen LogP contribution in [-0.4, -0.2) is 26.7 Å². The summed E-state index contributed by atoms with van der Waals surface area (Å²) < 4.78 is 32.1. The quantitative estimate of drug-likeness (QED) is 0.864. The predicted octanol–water partition coefficient (Wildman–Crippen LogP) is 2.00. The first kappa shape index (κ1) is 16.6. The van der Waals surface area contributed by atoms with Gasteiger partial charge in [0.25, 0.3) is 5.91 Å². The molecule has 0 atom stereocenters. The normalized spacial score (nSPS) is 15.5.